The Bertz CT molecular complexity index is 683. The van der Waals surface area contributed by atoms with Gasteiger partial charge in [0.15, 0.2) is 5.96 Å². The Morgan fingerprint density at radius 1 is 1.23 bits per heavy atom. The summed E-state index contributed by atoms with van der Waals surface area (Å²) < 4.78 is 18.4. The van der Waals surface area contributed by atoms with E-state index < -0.39 is 0 Å². The van der Waals surface area contributed by atoms with Crippen LogP contribution in [-0.2, 0) is 6.42 Å². The zero-order valence-corrected chi connectivity index (χ0v) is 12.4. The number of nitrogens with zero attached hydrogens (tertiary/aromatic N) is 1. The van der Waals surface area contributed by atoms with Gasteiger partial charge in [-0.25, -0.2) is 4.39 Å². The van der Waals surface area contributed by atoms with Gasteiger partial charge in [-0.1, -0.05) is 18.2 Å². The molecule has 2 aromatic rings. The summed E-state index contributed by atoms with van der Waals surface area (Å²) in [6.45, 7) is 1.69. The molecule has 3 rings (SSSR count). The lowest BCUT2D eigenvalue weighted by atomic mass is 10.0. The van der Waals surface area contributed by atoms with E-state index in [4.69, 9.17) is 4.74 Å². The molecule has 22 heavy (non-hydrogen) atoms. The van der Waals surface area contributed by atoms with Crippen LogP contribution in [0.1, 0.15) is 11.1 Å². The van der Waals surface area contributed by atoms with Gasteiger partial charge in [0.2, 0.25) is 0 Å². The normalized spacial score (nSPS) is 13.5. The van der Waals surface area contributed by atoms with Crippen molar-refractivity contribution < 1.29 is 9.13 Å². The number of nitrogens with one attached hydrogen (secondary N) is 2. The SMILES string of the molecule is COc1cc(F)ccc1Cc1ccc(NC2=NCCN2)cc1. The summed E-state index contributed by atoms with van der Waals surface area (Å²) in [5.41, 5.74) is 3.09. The number of hydrogen-bond donors (Lipinski definition) is 2. The number of methoxy groups -OCH3 is 1. The Kier molecular flexibility index (Phi) is 4.23. The fraction of sp³-hybridized carbons (Fsp3) is 0.235. The maximum absolute atomic E-state index is 13.2. The highest BCUT2D eigenvalue weighted by atomic mass is 19.1. The average molecular weight is 299 g/mol. The summed E-state index contributed by atoms with van der Waals surface area (Å²) in [6, 6.07) is 12.7. The van der Waals surface area contributed by atoms with Crippen LogP contribution in [0.3, 0.4) is 0 Å². The molecule has 0 fully saturated rings. The highest BCUT2D eigenvalue weighted by Crippen LogP contribution is 2.23. The van der Waals surface area contributed by atoms with Gasteiger partial charge in [-0.15, -0.1) is 0 Å². The predicted molar refractivity (Wildman–Crippen MR) is 86.1 cm³/mol. The summed E-state index contributed by atoms with van der Waals surface area (Å²) in [6.07, 6.45) is 0.697. The second kappa shape index (κ2) is 6.47. The molecule has 2 N–H and O–H groups in total. The first-order chi connectivity index (χ1) is 10.7. The molecule has 0 saturated carbocycles. The van der Waals surface area contributed by atoms with Crippen molar-refractivity contribution in [1.29, 1.82) is 0 Å². The van der Waals surface area contributed by atoms with Crippen LogP contribution in [0.25, 0.3) is 0 Å². The molecule has 114 valence electrons. The van der Waals surface area contributed by atoms with Crippen LogP contribution in [-0.4, -0.2) is 26.2 Å². The Morgan fingerprint density at radius 3 is 2.73 bits per heavy atom. The molecule has 1 heterocycles. The summed E-state index contributed by atoms with van der Waals surface area (Å²) in [4.78, 5) is 4.29. The molecule has 0 atom stereocenters. The minimum Gasteiger partial charge on any atom is -0.496 e. The molecule has 5 heteroatoms. The molecule has 0 unspecified atom stereocenters. The second-order valence-corrected chi connectivity index (χ2v) is 5.11. The van der Waals surface area contributed by atoms with Crippen molar-refractivity contribution in [3.05, 3.63) is 59.4 Å². The summed E-state index contributed by atoms with van der Waals surface area (Å²) in [5.74, 6) is 1.10. The smallest absolute Gasteiger partial charge is 0.195 e. The van der Waals surface area contributed by atoms with Crippen LogP contribution in [0.5, 0.6) is 5.75 Å². The molecule has 0 radical (unpaired) electrons. The number of ether oxygens (including phenoxy) is 1. The summed E-state index contributed by atoms with van der Waals surface area (Å²) >= 11 is 0. The van der Waals surface area contributed by atoms with Crippen LogP contribution in [0.15, 0.2) is 47.5 Å². The van der Waals surface area contributed by atoms with Gasteiger partial charge in [0.05, 0.1) is 13.7 Å². The van der Waals surface area contributed by atoms with Gasteiger partial charge in [0, 0.05) is 24.7 Å². The monoisotopic (exact) mass is 299 g/mol. The van der Waals surface area contributed by atoms with Gasteiger partial charge in [0.25, 0.3) is 0 Å². The standard InChI is InChI=1S/C17H18FN3O/c1-22-16-11-14(18)5-4-13(16)10-12-2-6-15(7-3-12)21-17-19-8-9-20-17/h2-7,11H,8-10H2,1H3,(H2,19,20,21). The molecule has 2 aromatic carbocycles. The lowest BCUT2D eigenvalue weighted by Gasteiger charge is -2.10. The van der Waals surface area contributed by atoms with Crippen molar-refractivity contribution in [3.8, 4) is 5.75 Å². The van der Waals surface area contributed by atoms with Crippen LogP contribution < -0.4 is 15.4 Å². The topological polar surface area (TPSA) is 45.6 Å². The Balaban J connectivity index is 1.70. The van der Waals surface area contributed by atoms with Crippen molar-refractivity contribution in [2.24, 2.45) is 4.99 Å². The molecule has 1 aliphatic heterocycles. The minimum absolute atomic E-state index is 0.287. The van der Waals surface area contributed by atoms with Crippen molar-refractivity contribution in [2.75, 3.05) is 25.5 Å². The van der Waals surface area contributed by atoms with Gasteiger partial charge >= 0.3 is 0 Å². The van der Waals surface area contributed by atoms with E-state index in [0.29, 0.717) is 12.2 Å². The van der Waals surface area contributed by atoms with Gasteiger partial charge in [-0.3, -0.25) is 4.99 Å². The summed E-state index contributed by atoms with van der Waals surface area (Å²) in [7, 11) is 1.56. The van der Waals surface area contributed by atoms with E-state index >= 15 is 0 Å². The zero-order valence-electron chi connectivity index (χ0n) is 12.4. The second-order valence-electron chi connectivity index (χ2n) is 5.11. The van der Waals surface area contributed by atoms with E-state index in [1.165, 1.54) is 12.1 Å². The minimum atomic E-state index is -0.287. The molecule has 0 aliphatic carbocycles. The Morgan fingerprint density at radius 2 is 2.05 bits per heavy atom. The fourth-order valence-corrected chi connectivity index (χ4v) is 2.41. The number of guanidine groups is 1. The maximum atomic E-state index is 13.2. The zero-order chi connectivity index (χ0) is 15.4. The van der Waals surface area contributed by atoms with E-state index in [2.05, 4.69) is 15.6 Å². The van der Waals surface area contributed by atoms with E-state index in [1.807, 2.05) is 24.3 Å². The number of aliphatic imine (C=N–C) groups is 1. The lowest BCUT2D eigenvalue weighted by Crippen LogP contribution is -2.26. The molecular formula is C17H18FN3O. The average Bonchev–Trinajstić information content (AvgIpc) is 3.04. The first kappa shape index (κ1) is 14.4. The third-order valence-corrected chi connectivity index (χ3v) is 3.53. The van der Waals surface area contributed by atoms with Crippen molar-refractivity contribution in [2.45, 2.75) is 6.42 Å². The first-order valence-electron chi connectivity index (χ1n) is 7.21. The van der Waals surface area contributed by atoms with E-state index in [0.717, 1.165) is 35.9 Å². The third kappa shape index (κ3) is 3.36. The van der Waals surface area contributed by atoms with E-state index in [-0.39, 0.29) is 5.82 Å². The Labute approximate surface area is 129 Å². The van der Waals surface area contributed by atoms with Crippen molar-refractivity contribution in [1.82, 2.24) is 5.32 Å². The highest BCUT2D eigenvalue weighted by Gasteiger charge is 2.07. The quantitative estimate of drug-likeness (QED) is 0.912. The molecule has 0 bridgehead atoms. The number of hydrogen-bond acceptors (Lipinski definition) is 4. The highest BCUT2D eigenvalue weighted by molar-refractivity contribution is 5.94. The molecular weight excluding hydrogens is 281 g/mol. The van der Waals surface area contributed by atoms with E-state index in [9.17, 15) is 4.39 Å². The molecule has 0 saturated heterocycles. The van der Waals surface area contributed by atoms with Crippen LogP contribution in [0.4, 0.5) is 10.1 Å². The molecule has 0 amide bonds. The van der Waals surface area contributed by atoms with Crippen molar-refractivity contribution in [3.63, 3.8) is 0 Å². The van der Waals surface area contributed by atoms with Crippen molar-refractivity contribution >= 4 is 11.6 Å². The number of halogens is 1. The molecule has 0 aromatic heterocycles. The lowest BCUT2D eigenvalue weighted by molar-refractivity contribution is 0.407. The third-order valence-electron chi connectivity index (χ3n) is 3.53. The van der Waals surface area contributed by atoms with Gasteiger partial charge in [-0.05, 0) is 29.3 Å². The van der Waals surface area contributed by atoms with Gasteiger partial charge < -0.3 is 15.4 Å². The molecule has 1 aliphatic rings. The summed E-state index contributed by atoms with van der Waals surface area (Å²) in [5, 5.41) is 6.39. The number of anilines is 1. The number of rotatable bonds is 4. The molecule has 0 spiro atoms. The van der Waals surface area contributed by atoms with Gasteiger partial charge in [-0.2, -0.15) is 0 Å². The predicted octanol–water partition coefficient (Wildman–Crippen LogP) is 2.80. The molecule has 4 nitrogen and oxygen atoms in total. The largest absolute Gasteiger partial charge is 0.496 e. The first-order valence-corrected chi connectivity index (χ1v) is 7.21. The Hall–Kier alpha value is -2.56. The fourth-order valence-electron chi connectivity index (χ4n) is 2.41. The van der Waals surface area contributed by atoms with Crippen LogP contribution >= 0.6 is 0 Å². The van der Waals surface area contributed by atoms with Crippen LogP contribution in [0, 0.1) is 5.82 Å². The van der Waals surface area contributed by atoms with E-state index in [1.54, 1.807) is 13.2 Å². The van der Waals surface area contributed by atoms with Crippen LogP contribution in [0.2, 0.25) is 0 Å². The van der Waals surface area contributed by atoms with Gasteiger partial charge in [0.1, 0.15) is 11.6 Å². The number of benzene rings is 2. The maximum Gasteiger partial charge on any atom is 0.195 e.